The lowest BCUT2D eigenvalue weighted by Gasteiger charge is -2.23. The van der Waals surface area contributed by atoms with Crippen molar-refractivity contribution in [3.63, 3.8) is 0 Å². The quantitative estimate of drug-likeness (QED) is 0.908. The van der Waals surface area contributed by atoms with Gasteiger partial charge in [0.05, 0.1) is 5.92 Å². The Morgan fingerprint density at radius 2 is 1.95 bits per heavy atom. The second-order valence-electron chi connectivity index (χ2n) is 5.30. The summed E-state index contributed by atoms with van der Waals surface area (Å²) in [5.41, 5.74) is 1.49. The Morgan fingerprint density at radius 1 is 1.23 bits per heavy atom. The summed E-state index contributed by atoms with van der Waals surface area (Å²) in [6, 6.07) is 12.6. The second kappa shape index (κ2) is 5.99. The van der Waals surface area contributed by atoms with E-state index < -0.39 is 11.9 Å². The number of hydrogen-bond acceptors (Lipinski definition) is 3. The summed E-state index contributed by atoms with van der Waals surface area (Å²) >= 11 is 6.11. The molecule has 5 heteroatoms. The van der Waals surface area contributed by atoms with Crippen LogP contribution in [0.1, 0.15) is 23.0 Å². The number of fused-ring (bicyclic) bond motifs is 2. The van der Waals surface area contributed by atoms with Crippen LogP contribution in [0.2, 0.25) is 5.02 Å². The van der Waals surface area contributed by atoms with Gasteiger partial charge in [-0.15, -0.1) is 0 Å². The van der Waals surface area contributed by atoms with Crippen LogP contribution in [0.4, 0.5) is 0 Å². The van der Waals surface area contributed by atoms with Crippen LogP contribution >= 0.6 is 11.6 Å². The second-order valence-corrected chi connectivity index (χ2v) is 5.74. The summed E-state index contributed by atoms with van der Waals surface area (Å²) in [4.78, 5) is 11.9. The third-order valence-electron chi connectivity index (χ3n) is 3.94. The molecule has 0 spiro atoms. The Kier molecular flexibility index (Phi) is 4.05. The van der Waals surface area contributed by atoms with Gasteiger partial charge in [-0.05, 0) is 31.3 Å². The van der Waals surface area contributed by atoms with Gasteiger partial charge in [-0.1, -0.05) is 29.8 Å². The number of hydrogen-bond donors (Lipinski definition) is 2. The fourth-order valence-electron chi connectivity index (χ4n) is 3.00. The maximum Gasteiger partial charge on any atom is 0.311 e. The molecule has 0 radical (unpaired) electrons. The van der Waals surface area contributed by atoms with Crippen LogP contribution in [0, 0.1) is 0 Å². The third kappa shape index (κ3) is 2.56. The maximum atomic E-state index is 11.9. The largest absolute Gasteiger partial charge is 0.481 e. The van der Waals surface area contributed by atoms with Crippen LogP contribution in [0.15, 0.2) is 42.5 Å². The molecule has 0 saturated carbocycles. The highest BCUT2D eigenvalue weighted by molar-refractivity contribution is 6.30. The minimum Gasteiger partial charge on any atom is -0.481 e. The van der Waals surface area contributed by atoms with Gasteiger partial charge in [0.2, 0.25) is 0 Å². The van der Waals surface area contributed by atoms with Gasteiger partial charge in [0, 0.05) is 28.6 Å². The standard InChI is InChI=1S/C17H16ClNO3/c1-19-9-13-12-8-10(18)6-7-15(12)22-14-5-3-2-4-11(14)16(13)17(20)21/h2-8,13,16,19H,9H2,1H3,(H,20,21)/t13-,16+/m1/s1. The van der Waals surface area contributed by atoms with Gasteiger partial charge in [-0.3, -0.25) is 4.79 Å². The highest BCUT2D eigenvalue weighted by atomic mass is 35.5. The summed E-state index contributed by atoms with van der Waals surface area (Å²) in [5, 5.41) is 13.4. The van der Waals surface area contributed by atoms with Crippen LogP contribution in [-0.4, -0.2) is 24.7 Å². The minimum atomic E-state index is -0.871. The van der Waals surface area contributed by atoms with Crippen LogP contribution in [0.25, 0.3) is 0 Å². The van der Waals surface area contributed by atoms with E-state index in [1.807, 2.05) is 18.2 Å². The lowest BCUT2D eigenvalue weighted by atomic mass is 9.81. The van der Waals surface area contributed by atoms with Gasteiger partial charge in [-0.2, -0.15) is 0 Å². The summed E-state index contributed by atoms with van der Waals surface area (Å²) in [5.74, 6) is -0.592. The molecule has 22 heavy (non-hydrogen) atoms. The SMILES string of the molecule is CNC[C@@H]1c2cc(Cl)ccc2Oc2ccccc2[C@@H]1C(=O)O. The number of aliphatic carboxylic acids is 1. The lowest BCUT2D eigenvalue weighted by Crippen LogP contribution is -2.27. The first-order chi connectivity index (χ1) is 10.6. The molecule has 4 nitrogen and oxygen atoms in total. The van der Waals surface area contributed by atoms with Crippen molar-refractivity contribution in [1.82, 2.24) is 5.32 Å². The molecule has 0 aliphatic carbocycles. The molecule has 1 heterocycles. The summed E-state index contributed by atoms with van der Waals surface area (Å²) in [7, 11) is 1.81. The van der Waals surface area contributed by atoms with E-state index in [9.17, 15) is 9.90 Å². The van der Waals surface area contributed by atoms with E-state index in [-0.39, 0.29) is 5.92 Å². The van der Waals surface area contributed by atoms with Crippen LogP contribution in [-0.2, 0) is 4.79 Å². The van der Waals surface area contributed by atoms with Crippen LogP contribution in [0.5, 0.6) is 11.5 Å². The van der Waals surface area contributed by atoms with Crippen LogP contribution in [0.3, 0.4) is 0 Å². The van der Waals surface area contributed by atoms with E-state index in [1.54, 1.807) is 31.3 Å². The molecule has 0 aromatic heterocycles. The lowest BCUT2D eigenvalue weighted by molar-refractivity contribution is -0.139. The molecule has 0 fully saturated rings. The molecular weight excluding hydrogens is 302 g/mol. The molecule has 1 aliphatic rings. The molecule has 0 bridgehead atoms. The molecule has 0 unspecified atom stereocenters. The normalized spacial score (nSPS) is 19.5. The van der Waals surface area contributed by atoms with Crippen molar-refractivity contribution in [2.24, 2.45) is 0 Å². The first kappa shape index (κ1) is 14.9. The number of carbonyl (C=O) groups is 1. The van der Waals surface area contributed by atoms with E-state index in [2.05, 4.69) is 5.32 Å². The highest BCUT2D eigenvalue weighted by Gasteiger charge is 2.37. The smallest absolute Gasteiger partial charge is 0.311 e. The minimum absolute atomic E-state index is 0.264. The molecule has 114 valence electrons. The Balaban J connectivity index is 2.24. The number of carboxylic acid groups (broad SMARTS) is 1. The van der Waals surface area contributed by atoms with Crippen molar-refractivity contribution in [1.29, 1.82) is 0 Å². The number of halogens is 1. The summed E-state index contributed by atoms with van der Waals surface area (Å²) in [6.45, 7) is 0.516. The number of ether oxygens (including phenoxy) is 1. The predicted molar refractivity (Wildman–Crippen MR) is 85.0 cm³/mol. The van der Waals surface area contributed by atoms with E-state index in [0.29, 0.717) is 28.6 Å². The fraction of sp³-hybridized carbons (Fsp3) is 0.235. The van der Waals surface area contributed by atoms with Crippen molar-refractivity contribution in [3.8, 4) is 11.5 Å². The Bertz CT molecular complexity index is 717. The van der Waals surface area contributed by atoms with Gasteiger partial charge in [0.1, 0.15) is 11.5 Å². The van der Waals surface area contributed by atoms with Gasteiger partial charge < -0.3 is 15.2 Å². The first-order valence-electron chi connectivity index (χ1n) is 7.05. The van der Waals surface area contributed by atoms with Crippen molar-refractivity contribution >= 4 is 17.6 Å². The van der Waals surface area contributed by atoms with Gasteiger partial charge in [0.15, 0.2) is 0 Å². The molecule has 2 N–H and O–H groups in total. The zero-order valence-corrected chi connectivity index (χ0v) is 12.8. The van der Waals surface area contributed by atoms with Crippen molar-refractivity contribution in [2.75, 3.05) is 13.6 Å². The number of likely N-dealkylation sites (N-methyl/N-ethyl adjacent to an activating group) is 1. The van der Waals surface area contributed by atoms with Crippen LogP contribution < -0.4 is 10.1 Å². The zero-order valence-electron chi connectivity index (χ0n) is 12.0. The maximum absolute atomic E-state index is 11.9. The Morgan fingerprint density at radius 3 is 2.68 bits per heavy atom. The highest BCUT2D eigenvalue weighted by Crippen LogP contribution is 2.46. The van der Waals surface area contributed by atoms with E-state index in [0.717, 1.165) is 5.56 Å². The number of para-hydroxylation sites is 1. The zero-order chi connectivity index (χ0) is 15.7. The molecule has 0 saturated heterocycles. The first-order valence-corrected chi connectivity index (χ1v) is 7.43. The average molecular weight is 318 g/mol. The monoisotopic (exact) mass is 317 g/mol. The molecule has 2 aromatic rings. The molecular formula is C17H16ClNO3. The molecule has 0 amide bonds. The molecule has 2 aromatic carbocycles. The molecule has 2 atom stereocenters. The van der Waals surface area contributed by atoms with Crippen molar-refractivity contribution in [2.45, 2.75) is 11.8 Å². The van der Waals surface area contributed by atoms with E-state index in [1.165, 1.54) is 0 Å². The predicted octanol–water partition coefficient (Wildman–Crippen LogP) is 3.62. The number of rotatable bonds is 3. The number of nitrogens with one attached hydrogen (secondary N) is 1. The van der Waals surface area contributed by atoms with E-state index >= 15 is 0 Å². The average Bonchev–Trinajstić information content (AvgIpc) is 2.62. The molecule has 1 aliphatic heterocycles. The fourth-order valence-corrected chi connectivity index (χ4v) is 3.18. The molecule has 3 rings (SSSR count). The third-order valence-corrected chi connectivity index (χ3v) is 4.17. The van der Waals surface area contributed by atoms with Gasteiger partial charge >= 0.3 is 5.97 Å². The van der Waals surface area contributed by atoms with E-state index in [4.69, 9.17) is 16.3 Å². The van der Waals surface area contributed by atoms with Gasteiger partial charge in [0.25, 0.3) is 0 Å². The summed E-state index contributed by atoms with van der Waals surface area (Å²) < 4.78 is 5.96. The Hall–Kier alpha value is -2.04. The van der Waals surface area contributed by atoms with Crippen molar-refractivity contribution < 1.29 is 14.6 Å². The van der Waals surface area contributed by atoms with Gasteiger partial charge in [-0.25, -0.2) is 0 Å². The number of carboxylic acids is 1. The Labute approximate surface area is 133 Å². The topological polar surface area (TPSA) is 58.6 Å². The summed E-state index contributed by atoms with van der Waals surface area (Å²) in [6.07, 6.45) is 0. The number of benzene rings is 2. The van der Waals surface area contributed by atoms with Crippen molar-refractivity contribution in [3.05, 3.63) is 58.6 Å².